The van der Waals surface area contributed by atoms with Gasteiger partial charge in [-0.05, 0) is 12.8 Å². The quantitative estimate of drug-likeness (QED) is 0.0357. The molecule has 0 aliphatic rings. The molecule has 0 fully saturated rings. The molecule has 0 saturated carbocycles. The zero-order valence-corrected chi connectivity index (χ0v) is 45.4. The Morgan fingerprint density at radius 1 is 0.477 bits per heavy atom. The number of hydrogen-bond acceptors (Lipinski definition) is 6. The highest BCUT2D eigenvalue weighted by atomic mass is 31.2. The van der Waals surface area contributed by atoms with E-state index in [1.807, 2.05) is 21.1 Å². The lowest BCUT2D eigenvalue weighted by Gasteiger charge is -2.30. The Bertz CT molecular complexity index is 1030. The normalized spacial score (nSPS) is 13.9. The van der Waals surface area contributed by atoms with Crippen molar-refractivity contribution in [3.63, 3.8) is 0 Å². The van der Waals surface area contributed by atoms with Crippen molar-refractivity contribution in [2.24, 2.45) is 0 Å². The molecule has 0 aliphatic heterocycles. The fourth-order valence-electron chi connectivity index (χ4n) is 9.04. The van der Waals surface area contributed by atoms with Crippen molar-refractivity contribution in [1.29, 1.82) is 0 Å². The lowest BCUT2D eigenvalue weighted by molar-refractivity contribution is -0.870. The van der Waals surface area contributed by atoms with Crippen molar-refractivity contribution in [2.45, 2.75) is 315 Å². The summed E-state index contributed by atoms with van der Waals surface area (Å²) in [6.45, 7) is 4.78. The first-order valence-electron chi connectivity index (χ1n) is 28.9. The van der Waals surface area contributed by atoms with Gasteiger partial charge in [0.15, 0.2) is 0 Å². The Kier molecular flexibility index (Phi) is 48.1. The number of carbonyl (C=O) groups is 1. The Hall–Kier alpha value is -0.500. The number of aliphatic hydroxyl groups excluding tert-OH is 1. The summed E-state index contributed by atoms with van der Waals surface area (Å²) < 4.78 is 23.4. The van der Waals surface area contributed by atoms with Gasteiger partial charge in [-0.3, -0.25) is 9.36 Å². The molecule has 1 amide bonds. The van der Waals surface area contributed by atoms with E-state index in [1.165, 1.54) is 238 Å². The number of amides is 1. The van der Waals surface area contributed by atoms with Crippen LogP contribution in [0.2, 0.25) is 0 Å². The number of nitrogens with zero attached hydrogens (tertiary/aromatic N) is 1. The second kappa shape index (κ2) is 48.5. The monoisotopic (exact) mass is 943 g/mol. The van der Waals surface area contributed by atoms with Crippen LogP contribution in [0, 0.1) is 0 Å². The Labute approximate surface area is 406 Å². The van der Waals surface area contributed by atoms with Crippen LogP contribution < -0.4 is 10.2 Å². The first-order valence-corrected chi connectivity index (χ1v) is 30.3. The number of likely N-dealkylation sites (N-methyl/N-ethyl adjacent to an activating group) is 1. The van der Waals surface area contributed by atoms with Crippen molar-refractivity contribution in [3.8, 4) is 0 Å². The van der Waals surface area contributed by atoms with Gasteiger partial charge in [0.1, 0.15) is 13.2 Å². The van der Waals surface area contributed by atoms with Gasteiger partial charge in [-0.2, -0.15) is 0 Å². The third kappa shape index (κ3) is 51.2. The molecule has 9 heteroatoms. The molecule has 0 aromatic rings. The summed E-state index contributed by atoms with van der Waals surface area (Å²) in [5, 5.41) is 14.0. The van der Waals surface area contributed by atoms with Gasteiger partial charge in [0, 0.05) is 6.42 Å². The fraction of sp³-hybridized carbons (Fsp3) is 0.982. The highest BCUT2D eigenvalue weighted by Gasteiger charge is 2.24. The van der Waals surface area contributed by atoms with E-state index in [0.717, 1.165) is 38.5 Å². The molecule has 0 spiro atoms. The number of aliphatic hydroxyl groups is 1. The van der Waals surface area contributed by atoms with Gasteiger partial charge in [-0.25, -0.2) is 0 Å². The minimum absolute atomic E-state index is 0.0167. The van der Waals surface area contributed by atoms with E-state index >= 15 is 0 Å². The SMILES string of the molecule is CCCCCCCCCCCCCCCCCCCCCCCCCCC(O)C(COP(=O)([O-])OCC[N+](C)(C)C)NC(=O)CCCCCCCCCCCCCCCCCCCCC. The average molecular weight is 944 g/mol. The van der Waals surface area contributed by atoms with Crippen LogP contribution in [0.25, 0.3) is 0 Å². The topological polar surface area (TPSA) is 108 Å². The van der Waals surface area contributed by atoms with Gasteiger partial charge in [0.2, 0.25) is 5.91 Å². The molecule has 0 aliphatic carbocycles. The van der Waals surface area contributed by atoms with Crippen molar-refractivity contribution < 1.29 is 32.9 Å². The molecule has 3 unspecified atom stereocenters. The summed E-state index contributed by atoms with van der Waals surface area (Å²) in [5.74, 6) is -0.157. The van der Waals surface area contributed by atoms with E-state index in [0.29, 0.717) is 23.9 Å². The second-order valence-electron chi connectivity index (χ2n) is 21.4. The van der Waals surface area contributed by atoms with Crippen LogP contribution in [0.4, 0.5) is 0 Å². The summed E-state index contributed by atoms with van der Waals surface area (Å²) in [7, 11) is 1.33. The van der Waals surface area contributed by atoms with Gasteiger partial charge in [0.25, 0.3) is 7.82 Å². The van der Waals surface area contributed by atoms with E-state index < -0.39 is 20.0 Å². The predicted octanol–water partition coefficient (Wildman–Crippen LogP) is 16.6. The Morgan fingerprint density at radius 3 is 1.05 bits per heavy atom. The molecule has 0 rings (SSSR count). The number of quaternary nitrogens is 1. The lowest BCUT2D eigenvalue weighted by Crippen LogP contribution is -2.46. The Morgan fingerprint density at radius 2 is 0.754 bits per heavy atom. The Balaban J connectivity index is 4.12. The number of carbonyl (C=O) groups excluding carboxylic acids is 1. The maximum atomic E-state index is 13.0. The van der Waals surface area contributed by atoms with Gasteiger partial charge in [-0.1, -0.05) is 284 Å². The van der Waals surface area contributed by atoms with E-state index in [1.54, 1.807) is 0 Å². The largest absolute Gasteiger partial charge is 0.756 e. The van der Waals surface area contributed by atoms with Crippen molar-refractivity contribution >= 4 is 13.7 Å². The fourth-order valence-corrected chi connectivity index (χ4v) is 9.77. The third-order valence-corrected chi connectivity index (χ3v) is 14.6. The molecular weight excluding hydrogens is 828 g/mol. The van der Waals surface area contributed by atoms with Crippen molar-refractivity contribution in [1.82, 2.24) is 5.32 Å². The molecule has 0 radical (unpaired) electrons. The summed E-state index contributed by atoms with van der Waals surface area (Å²) >= 11 is 0. The first kappa shape index (κ1) is 64.5. The van der Waals surface area contributed by atoms with Crippen LogP contribution in [-0.4, -0.2) is 68.5 Å². The molecule has 0 saturated heterocycles. The van der Waals surface area contributed by atoms with Crippen LogP contribution in [0.15, 0.2) is 0 Å². The van der Waals surface area contributed by atoms with Crippen LogP contribution in [0.1, 0.15) is 303 Å². The van der Waals surface area contributed by atoms with Crippen LogP contribution >= 0.6 is 7.82 Å². The van der Waals surface area contributed by atoms with E-state index in [9.17, 15) is 19.4 Å². The number of nitrogens with one attached hydrogen (secondary N) is 1. The number of phosphoric acid groups is 1. The van der Waals surface area contributed by atoms with Gasteiger partial charge < -0.3 is 28.8 Å². The molecule has 390 valence electrons. The molecule has 65 heavy (non-hydrogen) atoms. The molecule has 0 aromatic heterocycles. The minimum Gasteiger partial charge on any atom is -0.756 e. The molecule has 8 nitrogen and oxygen atoms in total. The molecule has 2 N–H and O–H groups in total. The highest BCUT2D eigenvalue weighted by Crippen LogP contribution is 2.38. The number of unbranched alkanes of at least 4 members (excludes halogenated alkanes) is 41. The number of phosphoric ester groups is 1. The summed E-state index contributed by atoms with van der Waals surface area (Å²) in [5.41, 5.74) is 0. The molecule has 0 heterocycles. The molecular formula is C56H115N2O6P. The van der Waals surface area contributed by atoms with Crippen LogP contribution in [0.5, 0.6) is 0 Å². The van der Waals surface area contributed by atoms with Gasteiger partial charge in [0.05, 0.1) is 39.9 Å². The van der Waals surface area contributed by atoms with Gasteiger partial charge >= 0.3 is 0 Å². The first-order chi connectivity index (χ1) is 31.5. The summed E-state index contributed by atoms with van der Waals surface area (Å²) in [6.07, 6.45) is 57.0. The maximum Gasteiger partial charge on any atom is 0.268 e. The molecule has 3 atom stereocenters. The van der Waals surface area contributed by atoms with Crippen molar-refractivity contribution in [3.05, 3.63) is 0 Å². The summed E-state index contributed by atoms with van der Waals surface area (Å²) in [6, 6.07) is -0.795. The number of rotatable bonds is 54. The second-order valence-corrected chi connectivity index (χ2v) is 22.8. The summed E-state index contributed by atoms with van der Waals surface area (Å²) in [4.78, 5) is 25.5. The average Bonchev–Trinajstić information content (AvgIpc) is 3.26. The van der Waals surface area contributed by atoms with E-state index in [4.69, 9.17) is 9.05 Å². The maximum absolute atomic E-state index is 13.0. The van der Waals surface area contributed by atoms with Crippen molar-refractivity contribution in [2.75, 3.05) is 40.9 Å². The highest BCUT2D eigenvalue weighted by molar-refractivity contribution is 7.45. The van der Waals surface area contributed by atoms with Crippen LogP contribution in [-0.2, 0) is 18.4 Å². The standard InChI is InChI=1S/C56H115N2O6P/c1-6-8-10-12-14-16-18-20-22-24-26-27-28-29-30-32-33-35-37-39-41-43-45-47-49-55(59)54(53-64-65(61,62)63-52-51-58(3,4)5)57-56(60)50-48-46-44-42-40-38-36-34-31-25-23-21-19-17-15-13-11-9-7-2/h54-55,59H,6-53H2,1-5H3,(H-,57,60,61,62). The minimum atomic E-state index is -4.57. The molecule has 0 bridgehead atoms. The zero-order valence-electron chi connectivity index (χ0n) is 44.5. The predicted molar refractivity (Wildman–Crippen MR) is 279 cm³/mol. The van der Waals surface area contributed by atoms with E-state index in [-0.39, 0.29) is 19.1 Å². The van der Waals surface area contributed by atoms with E-state index in [2.05, 4.69) is 19.2 Å². The number of hydrogen-bond donors (Lipinski definition) is 2. The van der Waals surface area contributed by atoms with Gasteiger partial charge in [-0.15, -0.1) is 0 Å². The lowest BCUT2D eigenvalue weighted by atomic mass is 10.0. The zero-order chi connectivity index (χ0) is 47.8. The molecule has 0 aromatic carbocycles. The smallest absolute Gasteiger partial charge is 0.268 e. The van der Waals surface area contributed by atoms with Crippen LogP contribution in [0.3, 0.4) is 0 Å². The third-order valence-electron chi connectivity index (χ3n) is 13.6.